The summed E-state index contributed by atoms with van der Waals surface area (Å²) < 4.78 is 5.02. The molecule has 0 bridgehead atoms. The van der Waals surface area contributed by atoms with Crippen molar-refractivity contribution in [1.82, 2.24) is 5.32 Å². The second kappa shape index (κ2) is 4.14. The van der Waals surface area contributed by atoms with Gasteiger partial charge in [0.2, 0.25) is 6.29 Å². The third kappa shape index (κ3) is 1.93. The third-order valence-corrected chi connectivity index (χ3v) is 2.32. The summed E-state index contributed by atoms with van der Waals surface area (Å²) in [5, 5.41) is 2.28. The molecule has 1 atom stereocenters. The molecule has 1 aliphatic rings. The molecule has 1 aromatic carbocycles. The van der Waals surface area contributed by atoms with E-state index in [1.54, 1.807) is 12.1 Å². The van der Waals surface area contributed by atoms with Crippen LogP contribution in [0.4, 0.5) is 0 Å². The number of fused-ring (bicyclic) bond motifs is 1. The van der Waals surface area contributed by atoms with Gasteiger partial charge in [-0.25, -0.2) is 4.79 Å². The van der Waals surface area contributed by atoms with Crippen LogP contribution < -0.4 is 10.1 Å². The summed E-state index contributed by atoms with van der Waals surface area (Å²) in [6.45, 7) is 0. The van der Waals surface area contributed by atoms with Crippen molar-refractivity contribution >= 4 is 18.2 Å². The van der Waals surface area contributed by atoms with Gasteiger partial charge in [0.25, 0.3) is 5.91 Å². The molecule has 1 aliphatic heterocycles. The van der Waals surface area contributed by atoms with Gasteiger partial charge in [-0.3, -0.25) is 9.59 Å². The Hall–Kier alpha value is -2.17. The van der Waals surface area contributed by atoms with Crippen molar-refractivity contribution < 1.29 is 19.1 Å². The Morgan fingerprint density at radius 1 is 1.44 bits per heavy atom. The van der Waals surface area contributed by atoms with Crippen molar-refractivity contribution in [1.29, 1.82) is 0 Å². The number of carbonyl (C=O) groups is 3. The highest BCUT2D eigenvalue weighted by atomic mass is 16.5. The molecular formula is C11H9NO4. The number of para-hydroxylation sites is 1. The van der Waals surface area contributed by atoms with Crippen LogP contribution >= 0.6 is 0 Å². The minimum absolute atomic E-state index is 0.133. The van der Waals surface area contributed by atoms with E-state index in [-0.39, 0.29) is 6.29 Å². The van der Waals surface area contributed by atoms with Crippen LogP contribution in [0.15, 0.2) is 24.3 Å². The molecule has 5 nitrogen and oxygen atoms in total. The number of benzene rings is 1. The number of ether oxygens (including phenoxy) is 1. The standard InChI is InChI=1S/C11H9NO4/c13-6-10(14)12-8-5-7-3-1-2-4-9(7)16-11(8)15/h1-4,6,8H,5H2,(H,12,14). The van der Waals surface area contributed by atoms with Crippen LogP contribution in [0.5, 0.6) is 5.75 Å². The molecule has 0 spiro atoms. The number of hydrogen-bond acceptors (Lipinski definition) is 4. The van der Waals surface area contributed by atoms with E-state index in [9.17, 15) is 14.4 Å². The molecule has 1 aromatic rings. The van der Waals surface area contributed by atoms with Gasteiger partial charge in [-0.05, 0) is 11.6 Å². The fraction of sp³-hybridized carbons (Fsp3) is 0.182. The fourth-order valence-corrected chi connectivity index (χ4v) is 1.57. The molecule has 0 fully saturated rings. The topological polar surface area (TPSA) is 72.5 Å². The second-order valence-corrected chi connectivity index (χ2v) is 3.41. The molecule has 1 unspecified atom stereocenters. The van der Waals surface area contributed by atoms with Crippen molar-refractivity contribution in [2.24, 2.45) is 0 Å². The van der Waals surface area contributed by atoms with E-state index in [0.29, 0.717) is 12.2 Å². The van der Waals surface area contributed by atoms with Crippen LogP contribution in [0.2, 0.25) is 0 Å². The van der Waals surface area contributed by atoms with Gasteiger partial charge in [-0.1, -0.05) is 18.2 Å². The van der Waals surface area contributed by atoms with Gasteiger partial charge >= 0.3 is 5.97 Å². The van der Waals surface area contributed by atoms with Crippen LogP contribution in [-0.2, 0) is 20.8 Å². The monoisotopic (exact) mass is 219 g/mol. The molecule has 1 amide bonds. The van der Waals surface area contributed by atoms with Crippen molar-refractivity contribution in [3.63, 3.8) is 0 Å². The lowest BCUT2D eigenvalue weighted by molar-refractivity contribution is -0.141. The van der Waals surface area contributed by atoms with Gasteiger partial charge in [-0.15, -0.1) is 0 Å². The zero-order chi connectivity index (χ0) is 11.5. The molecule has 5 heteroatoms. The zero-order valence-electron chi connectivity index (χ0n) is 8.30. The Labute approximate surface area is 91.4 Å². The smallest absolute Gasteiger partial charge is 0.334 e. The maximum atomic E-state index is 11.5. The van der Waals surface area contributed by atoms with E-state index < -0.39 is 17.9 Å². The maximum Gasteiger partial charge on any atom is 0.334 e. The highest BCUT2D eigenvalue weighted by Gasteiger charge is 2.29. The van der Waals surface area contributed by atoms with E-state index in [1.165, 1.54) is 0 Å². The second-order valence-electron chi connectivity index (χ2n) is 3.41. The number of hydrogen-bond donors (Lipinski definition) is 1. The third-order valence-electron chi connectivity index (χ3n) is 2.32. The number of aldehydes is 1. The first-order valence-corrected chi connectivity index (χ1v) is 4.76. The first-order valence-electron chi connectivity index (χ1n) is 4.76. The van der Waals surface area contributed by atoms with Crippen molar-refractivity contribution in [3.05, 3.63) is 29.8 Å². The molecule has 1 heterocycles. The highest BCUT2D eigenvalue weighted by Crippen LogP contribution is 2.24. The fourth-order valence-electron chi connectivity index (χ4n) is 1.57. The quantitative estimate of drug-likeness (QED) is 0.324. The number of esters is 1. The number of rotatable bonds is 2. The van der Waals surface area contributed by atoms with Crippen LogP contribution in [0, 0.1) is 0 Å². The van der Waals surface area contributed by atoms with Gasteiger partial charge in [0, 0.05) is 6.42 Å². The molecule has 0 saturated carbocycles. The van der Waals surface area contributed by atoms with Crippen molar-refractivity contribution in [2.75, 3.05) is 0 Å². The molecule has 16 heavy (non-hydrogen) atoms. The summed E-state index contributed by atoms with van der Waals surface area (Å²) in [5.74, 6) is -0.862. The lowest BCUT2D eigenvalue weighted by atomic mass is 10.0. The Kier molecular flexibility index (Phi) is 2.68. The summed E-state index contributed by atoms with van der Waals surface area (Å²) in [6.07, 6.45) is 0.475. The van der Waals surface area contributed by atoms with Crippen LogP contribution in [0.3, 0.4) is 0 Å². The van der Waals surface area contributed by atoms with Gasteiger partial charge < -0.3 is 10.1 Å². The predicted molar refractivity (Wildman–Crippen MR) is 53.8 cm³/mol. The molecule has 1 N–H and O–H groups in total. The molecule has 0 saturated heterocycles. The Morgan fingerprint density at radius 2 is 2.19 bits per heavy atom. The average molecular weight is 219 g/mol. The van der Waals surface area contributed by atoms with Crippen molar-refractivity contribution in [2.45, 2.75) is 12.5 Å². The van der Waals surface area contributed by atoms with E-state index in [2.05, 4.69) is 5.32 Å². The van der Waals surface area contributed by atoms with E-state index in [1.807, 2.05) is 12.1 Å². The lowest BCUT2D eigenvalue weighted by Crippen LogP contribution is -2.46. The largest absolute Gasteiger partial charge is 0.425 e. The van der Waals surface area contributed by atoms with Crippen molar-refractivity contribution in [3.8, 4) is 5.75 Å². The normalized spacial score (nSPS) is 18.2. The Morgan fingerprint density at radius 3 is 2.94 bits per heavy atom. The average Bonchev–Trinajstić information content (AvgIpc) is 2.30. The molecular weight excluding hydrogens is 210 g/mol. The Bertz CT molecular complexity index is 455. The van der Waals surface area contributed by atoms with Crippen LogP contribution in [0.25, 0.3) is 0 Å². The van der Waals surface area contributed by atoms with Crippen LogP contribution in [-0.4, -0.2) is 24.2 Å². The van der Waals surface area contributed by atoms with E-state index in [0.717, 1.165) is 5.56 Å². The summed E-state index contributed by atoms with van der Waals surface area (Å²) in [7, 11) is 0. The number of carbonyl (C=O) groups excluding carboxylic acids is 3. The summed E-state index contributed by atoms with van der Waals surface area (Å²) >= 11 is 0. The summed E-state index contributed by atoms with van der Waals surface area (Å²) in [4.78, 5) is 32.5. The lowest BCUT2D eigenvalue weighted by Gasteiger charge is -2.23. The van der Waals surface area contributed by atoms with E-state index in [4.69, 9.17) is 4.74 Å². The van der Waals surface area contributed by atoms with Gasteiger partial charge in [0.1, 0.15) is 11.8 Å². The SMILES string of the molecule is O=CC(=O)NC1Cc2ccccc2OC1=O. The molecule has 0 aliphatic carbocycles. The number of amides is 1. The van der Waals surface area contributed by atoms with Gasteiger partial charge in [-0.2, -0.15) is 0 Å². The first kappa shape index (κ1) is 10.4. The molecule has 2 rings (SSSR count). The van der Waals surface area contributed by atoms with Gasteiger partial charge in [0.15, 0.2) is 0 Å². The minimum atomic E-state index is -0.818. The molecule has 0 aromatic heterocycles. The maximum absolute atomic E-state index is 11.5. The molecule has 82 valence electrons. The predicted octanol–water partition coefficient (Wildman–Crippen LogP) is -0.168. The highest BCUT2D eigenvalue weighted by molar-refractivity contribution is 6.24. The minimum Gasteiger partial charge on any atom is -0.425 e. The molecule has 0 radical (unpaired) electrons. The first-order chi connectivity index (χ1) is 7.70. The number of nitrogens with one attached hydrogen (secondary N) is 1. The van der Waals surface area contributed by atoms with E-state index >= 15 is 0 Å². The Balaban J connectivity index is 2.18. The van der Waals surface area contributed by atoms with Crippen LogP contribution in [0.1, 0.15) is 5.56 Å². The van der Waals surface area contributed by atoms with Gasteiger partial charge in [0.05, 0.1) is 0 Å². The summed E-state index contributed by atoms with van der Waals surface area (Å²) in [5.41, 5.74) is 0.832. The summed E-state index contributed by atoms with van der Waals surface area (Å²) in [6, 6.07) is 6.28. The zero-order valence-corrected chi connectivity index (χ0v) is 8.30.